The van der Waals surface area contributed by atoms with Crippen LogP contribution in [0.5, 0.6) is 0 Å². The fourth-order valence-electron chi connectivity index (χ4n) is 1.32. The molecule has 0 aliphatic carbocycles. The van der Waals surface area contributed by atoms with Crippen molar-refractivity contribution in [2.24, 2.45) is 0 Å². The van der Waals surface area contributed by atoms with Crippen molar-refractivity contribution in [1.29, 1.82) is 0 Å². The van der Waals surface area contributed by atoms with Crippen LogP contribution >= 0.6 is 11.8 Å². The fourth-order valence-corrected chi connectivity index (χ4v) is 2.09. The number of aliphatic hydroxyl groups is 1. The van der Waals surface area contributed by atoms with Crippen LogP contribution in [0.3, 0.4) is 0 Å². The van der Waals surface area contributed by atoms with Crippen molar-refractivity contribution in [1.82, 2.24) is 9.97 Å². The van der Waals surface area contributed by atoms with Gasteiger partial charge in [-0.05, 0) is 13.8 Å². The molecule has 0 aliphatic heterocycles. The molecule has 0 aromatic carbocycles. The van der Waals surface area contributed by atoms with Crippen molar-refractivity contribution in [2.75, 3.05) is 24.2 Å². The molecule has 5 heteroatoms. The summed E-state index contributed by atoms with van der Waals surface area (Å²) in [5.74, 6) is 2.43. The summed E-state index contributed by atoms with van der Waals surface area (Å²) in [5, 5.41) is 13.0. The third-order valence-corrected chi connectivity index (χ3v) is 3.20. The molecule has 1 aromatic heterocycles. The molecule has 0 bridgehead atoms. The molecule has 16 heavy (non-hydrogen) atoms. The van der Waals surface area contributed by atoms with E-state index >= 15 is 0 Å². The number of thioether (sulfide) groups is 1. The Hall–Kier alpha value is -0.810. The zero-order valence-electron chi connectivity index (χ0n) is 10.1. The van der Waals surface area contributed by atoms with Crippen LogP contribution in [-0.4, -0.2) is 34.0 Å². The highest BCUT2D eigenvalue weighted by atomic mass is 32.2. The summed E-state index contributed by atoms with van der Waals surface area (Å²) in [6.45, 7) is 7.13. The second-order valence-corrected chi connectivity index (χ2v) is 4.46. The molecule has 1 aromatic rings. The van der Waals surface area contributed by atoms with Crippen LogP contribution in [0, 0.1) is 6.92 Å². The Morgan fingerprint density at radius 2 is 2.06 bits per heavy atom. The summed E-state index contributed by atoms with van der Waals surface area (Å²) >= 11 is 1.58. The van der Waals surface area contributed by atoms with Crippen LogP contribution in [0.2, 0.25) is 0 Å². The normalized spacial score (nSPS) is 10.5. The predicted molar refractivity (Wildman–Crippen MR) is 68.1 cm³/mol. The maximum atomic E-state index is 8.84. The maximum Gasteiger partial charge on any atom is 0.133 e. The minimum Gasteiger partial charge on any atom is -0.396 e. The van der Waals surface area contributed by atoms with E-state index in [1.807, 2.05) is 20.8 Å². The van der Waals surface area contributed by atoms with E-state index < -0.39 is 0 Å². The second-order valence-electron chi connectivity index (χ2n) is 3.37. The Balaban J connectivity index is 2.99. The van der Waals surface area contributed by atoms with Crippen molar-refractivity contribution in [3.63, 3.8) is 0 Å². The van der Waals surface area contributed by atoms with E-state index in [2.05, 4.69) is 15.3 Å². The summed E-state index contributed by atoms with van der Waals surface area (Å²) in [5.41, 5.74) is 1.07. The molecular weight excluding hydrogens is 222 g/mol. The van der Waals surface area contributed by atoms with Gasteiger partial charge in [0, 0.05) is 24.3 Å². The SMILES string of the molecule is CCNc1nc(CC)nc(SCCO)c1C. The van der Waals surface area contributed by atoms with Crippen LogP contribution in [0.4, 0.5) is 5.82 Å². The van der Waals surface area contributed by atoms with Crippen molar-refractivity contribution in [3.05, 3.63) is 11.4 Å². The summed E-state index contributed by atoms with van der Waals surface area (Å²) in [4.78, 5) is 8.92. The molecule has 0 aliphatic rings. The van der Waals surface area contributed by atoms with Gasteiger partial charge < -0.3 is 10.4 Å². The van der Waals surface area contributed by atoms with Crippen molar-refractivity contribution in [3.8, 4) is 0 Å². The smallest absolute Gasteiger partial charge is 0.133 e. The van der Waals surface area contributed by atoms with Crippen LogP contribution in [0.1, 0.15) is 25.2 Å². The first kappa shape index (κ1) is 13.3. The van der Waals surface area contributed by atoms with E-state index in [-0.39, 0.29) is 6.61 Å². The average Bonchev–Trinajstić information content (AvgIpc) is 2.30. The largest absolute Gasteiger partial charge is 0.396 e. The molecule has 0 radical (unpaired) electrons. The van der Waals surface area contributed by atoms with Gasteiger partial charge in [-0.15, -0.1) is 11.8 Å². The highest BCUT2D eigenvalue weighted by Crippen LogP contribution is 2.24. The third kappa shape index (κ3) is 3.35. The molecule has 1 heterocycles. The summed E-state index contributed by atoms with van der Waals surface area (Å²) in [6.07, 6.45) is 0.825. The van der Waals surface area contributed by atoms with E-state index in [9.17, 15) is 0 Å². The van der Waals surface area contributed by atoms with Crippen LogP contribution in [0.15, 0.2) is 5.03 Å². The Morgan fingerprint density at radius 1 is 1.31 bits per heavy atom. The Labute approximate surface area is 101 Å². The standard InChI is InChI=1S/C11H19N3OS/c1-4-9-13-10(12-5-2)8(3)11(14-9)16-7-6-15/h15H,4-7H2,1-3H3,(H,12,13,14). The Kier molecular flexibility index (Phi) is 5.55. The minimum absolute atomic E-state index is 0.173. The second kappa shape index (κ2) is 6.70. The number of rotatable bonds is 6. The molecule has 0 amide bonds. The number of anilines is 1. The number of aliphatic hydroxyl groups excluding tert-OH is 1. The van der Waals surface area contributed by atoms with Gasteiger partial charge in [0.05, 0.1) is 6.61 Å². The van der Waals surface area contributed by atoms with Gasteiger partial charge in [0.1, 0.15) is 16.7 Å². The van der Waals surface area contributed by atoms with Gasteiger partial charge in [-0.1, -0.05) is 6.92 Å². The van der Waals surface area contributed by atoms with Gasteiger partial charge >= 0.3 is 0 Å². The minimum atomic E-state index is 0.173. The molecule has 0 atom stereocenters. The molecule has 0 spiro atoms. The molecule has 90 valence electrons. The predicted octanol–water partition coefficient (Wildman–Crippen LogP) is 1.86. The molecule has 1 rings (SSSR count). The van der Waals surface area contributed by atoms with Crippen LogP contribution in [0.25, 0.3) is 0 Å². The first-order valence-corrected chi connectivity index (χ1v) is 6.56. The van der Waals surface area contributed by atoms with Gasteiger partial charge in [-0.3, -0.25) is 0 Å². The lowest BCUT2D eigenvalue weighted by Gasteiger charge is -2.11. The molecule has 0 unspecified atom stereocenters. The van der Waals surface area contributed by atoms with Gasteiger partial charge in [-0.25, -0.2) is 9.97 Å². The monoisotopic (exact) mass is 241 g/mol. The highest BCUT2D eigenvalue weighted by Gasteiger charge is 2.09. The number of aromatic nitrogens is 2. The lowest BCUT2D eigenvalue weighted by molar-refractivity contribution is 0.322. The summed E-state index contributed by atoms with van der Waals surface area (Å²) in [6, 6.07) is 0. The molecule has 0 fully saturated rings. The number of nitrogens with zero attached hydrogens (tertiary/aromatic N) is 2. The first-order valence-electron chi connectivity index (χ1n) is 5.57. The van der Waals surface area contributed by atoms with E-state index in [0.29, 0.717) is 5.75 Å². The molecular formula is C11H19N3OS. The van der Waals surface area contributed by atoms with Crippen molar-refractivity contribution < 1.29 is 5.11 Å². The first-order chi connectivity index (χ1) is 7.72. The number of aryl methyl sites for hydroxylation is 1. The maximum absolute atomic E-state index is 8.84. The molecule has 0 saturated carbocycles. The van der Waals surface area contributed by atoms with Crippen molar-refractivity contribution >= 4 is 17.6 Å². The quantitative estimate of drug-likeness (QED) is 0.588. The molecule has 0 saturated heterocycles. The zero-order valence-corrected chi connectivity index (χ0v) is 10.9. The summed E-state index contributed by atoms with van der Waals surface area (Å²) < 4.78 is 0. The number of nitrogens with one attached hydrogen (secondary N) is 1. The van der Waals surface area contributed by atoms with E-state index in [1.54, 1.807) is 11.8 Å². The van der Waals surface area contributed by atoms with E-state index in [1.165, 1.54) is 0 Å². The zero-order chi connectivity index (χ0) is 12.0. The Bertz CT molecular complexity index is 344. The third-order valence-electron chi connectivity index (χ3n) is 2.14. The van der Waals surface area contributed by atoms with Gasteiger partial charge in [0.2, 0.25) is 0 Å². The van der Waals surface area contributed by atoms with Crippen LogP contribution < -0.4 is 5.32 Å². The van der Waals surface area contributed by atoms with Gasteiger partial charge in [0.25, 0.3) is 0 Å². The topological polar surface area (TPSA) is 58.0 Å². The van der Waals surface area contributed by atoms with E-state index in [0.717, 1.165) is 35.2 Å². The van der Waals surface area contributed by atoms with Crippen LogP contribution in [-0.2, 0) is 6.42 Å². The molecule has 4 nitrogen and oxygen atoms in total. The fraction of sp³-hybridized carbons (Fsp3) is 0.636. The number of hydrogen-bond acceptors (Lipinski definition) is 5. The average molecular weight is 241 g/mol. The van der Waals surface area contributed by atoms with Gasteiger partial charge in [-0.2, -0.15) is 0 Å². The number of hydrogen-bond donors (Lipinski definition) is 2. The lowest BCUT2D eigenvalue weighted by atomic mass is 10.3. The lowest BCUT2D eigenvalue weighted by Crippen LogP contribution is -2.07. The van der Waals surface area contributed by atoms with Crippen molar-refractivity contribution in [2.45, 2.75) is 32.2 Å². The van der Waals surface area contributed by atoms with Gasteiger partial charge in [0.15, 0.2) is 0 Å². The summed E-state index contributed by atoms with van der Waals surface area (Å²) in [7, 11) is 0. The van der Waals surface area contributed by atoms with E-state index in [4.69, 9.17) is 5.11 Å². The molecule has 2 N–H and O–H groups in total. The highest BCUT2D eigenvalue weighted by molar-refractivity contribution is 7.99. The Morgan fingerprint density at radius 3 is 2.62 bits per heavy atom.